The molecule has 0 amide bonds. The molecule has 1 aromatic heterocycles. The molecule has 0 bridgehead atoms. The minimum atomic E-state index is 0.436. The van der Waals surface area contributed by atoms with Crippen LogP contribution in [0.3, 0.4) is 0 Å². The second kappa shape index (κ2) is 5.59. The number of pyridine rings is 1. The number of hydrogen-bond donors (Lipinski definition) is 0. The molecule has 2 rings (SSSR count). The number of aromatic nitrogens is 1. The topological polar surface area (TPSA) is 31.4 Å². The first-order chi connectivity index (χ1) is 8.67. The lowest BCUT2D eigenvalue weighted by Gasteiger charge is -2.10. The Kier molecular flexibility index (Phi) is 4.09. The Balaban J connectivity index is 2.54. The van der Waals surface area contributed by atoms with Gasteiger partial charge in [0.15, 0.2) is 5.75 Å². The van der Waals surface area contributed by atoms with Gasteiger partial charge in [0.1, 0.15) is 0 Å². The van der Waals surface area contributed by atoms with Crippen LogP contribution in [0.2, 0.25) is 5.02 Å². The highest BCUT2D eigenvalue weighted by atomic mass is 79.9. The molecule has 0 aliphatic rings. The Labute approximate surface area is 119 Å². The van der Waals surface area contributed by atoms with Gasteiger partial charge in [-0.25, -0.2) is 4.98 Å². The van der Waals surface area contributed by atoms with Crippen molar-refractivity contribution in [3.63, 3.8) is 0 Å². The number of rotatable bonds is 3. The molecule has 5 heteroatoms. The van der Waals surface area contributed by atoms with Crippen LogP contribution >= 0.6 is 27.5 Å². The van der Waals surface area contributed by atoms with Crippen LogP contribution in [0.25, 0.3) is 11.3 Å². The van der Waals surface area contributed by atoms with Crippen molar-refractivity contribution in [2.75, 3.05) is 14.2 Å². The van der Waals surface area contributed by atoms with Crippen molar-refractivity contribution >= 4 is 27.5 Å². The fourth-order valence-electron chi connectivity index (χ4n) is 1.58. The summed E-state index contributed by atoms with van der Waals surface area (Å²) < 4.78 is 11.2. The second-order valence-corrected chi connectivity index (χ2v) is 4.74. The molecule has 0 N–H and O–H groups in total. The van der Waals surface area contributed by atoms with Gasteiger partial charge in [-0.05, 0) is 34.1 Å². The van der Waals surface area contributed by atoms with Crippen molar-refractivity contribution in [2.24, 2.45) is 0 Å². The Morgan fingerprint density at radius 3 is 2.56 bits per heavy atom. The van der Waals surface area contributed by atoms with E-state index < -0.39 is 0 Å². The average Bonchev–Trinajstić information content (AvgIpc) is 2.41. The van der Waals surface area contributed by atoms with Gasteiger partial charge in [-0.1, -0.05) is 23.7 Å². The highest BCUT2D eigenvalue weighted by Gasteiger charge is 2.11. The molecule has 94 valence electrons. The Morgan fingerprint density at radius 1 is 1.11 bits per heavy atom. The van der Waals surface area contributed by atoms with E-state index in [0.29, 0.717) is 16.7 Å². The van der Waals surface area contributed by atoms with E-state index in [9.17, 15) is 0 Å². The minimum Gasteiger partial charge on any atom is -0.491 e. The van der Waals surface area contributed by atoms with Crippen LogP contribution in [0.5, 0.6) is 11.6 Å². The number of hydrogen-bond acceptors (Lipinski definition) is 3. The Morgan fingerprint density at radius 2 is 1.89 bits per heavy atom. The number of methoxy groups -OCH3 is 2. The molecule has 1 aromatic carbocycles. The molecule has 18 heavy (non-hydrogen) atoms. The monoisotopic (exact) mass is 327 g/mol. The molecule has 0 saturated heterocycles. The van der Waals surface area contributed by atoms with Gasteiger partial charge >= 0.3 is 0 Å². The molecular weight excluding hydrogens is 318 g/mol. The van der Waals surface area contributed by atoms with Crippen LogP contribution in [0.1, 0.15) is 0 Å². The molecule has 0 aliphatic carbocycles. The molecule has 0 saturated carbocycles. The smallest absolute Gasteiger partial charge is 0.257 e. The molecule has 0 radical (unpaired) electrons. The Hall–Kier alpha value is -1.26. The van der Waals surface area contributed by atoms with Gasteiger partial charge < -0.3 is 9.47 Å². The second-order valence-electron chi connectivity index (χ2n) is 3.51. The van der Waals surface area contributed by atoms with Crippen molar-refractivity contribution in [2.45, 2.75) is 0 Å². The third-order valence-electron chi connectivity index (χ3n) is 2.47. The van der Waals surface area contributed by atoms with Gasteiger partial charge in [-0.2, -0.15) is 0 Å². The van der Waals surface area contributed by atoms with E-state index in [2.05, 4.69) is 20.9 Å². The summed E-state index contributed by atoms with van der Waals surface area (Å²) in [6.45, 7) is 0. The van der Waals surface area contributed by atoms with E-state index >= 15 is 0 Å². The van der Waals surface area contributed by atoms with Crippen LogP contribution in [0.4, 0.5) is 0 Å². The summed E-state index contributed by atoms with van der Waals surface area (Å²) in [5.41, 5.74) is 1.57. The van der Waals surface area contributed by atoms with Crippen LogP contribution in [0, 0.1) is 0 Å². The van der Waals surface area contributed by atoms with Gasteiger partial charge in [-0.15, -0.1) is 0 Å². The largest absolute Gasteiger partial charge is 0.491 e. The number of ether oxygens (including phenoxy) is 2. The van der Waals surface area contributed by atoms with Crippen LogP contribution in [-0.2, 0) is 0 Å². The fraction of sp³-hybridized carbons (Fsp3) is 0.154. The maximum Gasteiger partial charge on any atom is 0.257 e. The summed E-state index contributed by atoms with van der Waals surface area (Å²) in [6.07, 6.45) is 0. The van der Waals surface area contributed by atoms with Crippen LogP contribution in [-0.4, -0.2) is 19.2 Å². The third-order valence-corrected chi connectivity index (χ3v) is 3.76. The minimum absolute atomic E-state index is 0.436. The molecule has 0 unspecified atom stereocenters. The normalized spacial score (nSPS) is 10.2. The van der Waals surface area contributed by atoms with Gasteiger partial charge in [-0.3, -0.25) is 0 Å². The summed E-state index contributed by atoms with van der Waals surface area (Å²) in [5, 5.41) is 0.622. The van der Waals surface area contributed by atoms with Gasteiger partial charge in [0.25, 0.3) is 5.88 Å². The summed E-state index contributed by atoms with van der Waals surface area (Å²) in [4.78, 5) is 4.38. The number of benzene rings is 1. The molecular formula is C13H11BrClNO2. The van der Waals surface area contributed by atoms with E-state index in [1.165, 1.54) is 0 Å². The van der Waals surface area contributed by atoms with Crippen molar-refractivity contribution in [3.05, 3.63) is 39.8 Å². The molecule has 2 aromatic rings. The standard InChI is InChI=1S/C13H11BrClNO2/c1-17-11-7-6-10(16-13(11)18-2)8-4-3-5-9(14)12(8)15/h3-7H,1-2H3. The molecule has 0 spiro atoms. The predicted molar refractivity (Wildman–Crippen MR) is 75.5 cm³/mol. The van der Waals surface area contributed by atoms with Crippen molar-refractivity contribution < 1.29 is 9.47 Å². The summed E-state index contributed by atoms with van der Waals surface area (Å²) in [5.74, 6) is 1.03. The van der Waals surface area contributed by atoms with Gasteiger partial charge in [0.05, 0.1) is 24.9 Å². The van der Waals surface area contributed by atoms with Crippen molar-refractivity contribution in [1.29, 1.82) is 0 Å². The average molecular weight is 329 g/mol. The van der Waals surface area contributed by atoms with E-state index in [0.717, 1.165) is 15.7 Å². The van der Waals surface area contributed by atoms with E-state index in [-0.39, 0.29) is 0 Å². The summed E-state index contributed by atoms with van der Waals surface area (Å²) in [7, 11) is 3.13. The van der Waals surface area contributed by atoms with E-state index in [4.69, 9.17) is 21.1 Å². The van der Waals surface area contributed by atoms with Crippen molar-refractivity contribution in [3.8, 4) is 22.9 Å². The fourth-order valence-corrected chi connectivity index (χ4v) is 2.17. The predicted octanol–water partition coefficient (Wildman–Crippen LogP) is 4.18. The zero-order valence-corrected chi connectivity index (χ0v) is 12.2. The molecule has 3 nitrogen and oxygen atoms in total. The number of nitrogens with zero attached hydrogens (tertiary/aromatic N) is 1. The van der Waals surface area contributed by atoms with E-state index in [1.54, 1.807) is 20.3 Å². The maximum absolute atomic E-state index is 6.24. The van der Waals surface area contributed by atoms with Gasteiger partial charge in [0, 0.05) is 10.0 Å². The molecule has 0 atom stereocenters. The molecule has 0 fully saturated rings. The van der Waals surface area contributed by atoms with Crippen molar-refractivity contribution in [1.82, 2.24) is 4.98 Å². The summed E-state index contributed by atoms with van der Waals surface area (Å²) in [6, 6.07) is 9.34. The maximum atomic E-state index is 6.24. The first-order valence-corrected chi connectivity index (χ1v) is 6.38. The molecule has 0 aliphatic heterocycles. The lowest BCUT2D eigenvalue weighted by atomic mass is 10.1. The Bertz CT molecular complexity index is 575. The van der Waals surface area contributed by atoms with E-state index in [1.807, 2.05) is 24.3 Å². The lowest BCUT2D eigenvalue weighted by molar-refractivity contribution is 0.343. The first-order valence-electron chi connectivity index (χ1n) is 5.20. The van der Waals surface area contributed by atoms with Crippen LogP contribution < -0.4 is 9.47 Å². The lowest BCUT2D eigenvalue weighted by Crippen LogP contribution is -1.95. The quantitative estimate of drug-likeness (QED) is 0.847. The third kappa shape index (κ3) is 2.44. The highest BCUT2D eigenvalue weighted by Crippen LogP contribution is 2.35. The van der Waals surface area contributed by atoms with Gasteiger partial charge in [0.2, 0.25) is 0 Å². The first kappa shape index (κ1) is 13.2. The molecule has 1 heterocycles. The zero-order valence-electron chi connectivity index (χ0n) is 9.91. The SMILES string of the molecule is COc1ccc(-c2cccc(Br)c2Cl)nc1OC. The number of halogens is 2. The zero-order chi connectivity index (χ0) is 13.1. The van der Waals surface area contributed by atoms with Crippen LogP contribution in [0.15, 0.2) is 34.8 Å². The summed E-state index contributed by atoms with van der Waals surface area (Å²) >= 11 is 9.63. The highest BCUT2D eigenvalue weighted by molar-refractivity contribution is 9.10.